The predicted molar refractivity (Wildman–Crippen MR) is 74.6 cm³/mol. The number of nitrogens with zero attached hydrogens (tertiary/aromatic N) is 2. The van der Waals surface area contributed by atoms with Crippen LogP contribution in [-0.4, -0.2) is 21.8 Å². The van der Waals surface area contributed by atoms with Gasteiger partial charge in [-0.05, 0) is 45.9 Å². The molecule has 0 saturated carbocycles. The zero-order chi connectivity index (χ0) is 13.3. The summed E-state index contributed by atoms with van der Waals surface area (Å²) in [7, 11) is 0. The van der Waals surface area contributed by atoms with E-state index in [1.807, 2.05) is 32.0 Å². The van der Waals surface area contributed by atoms with E-state index in [0.717, 1.165) is 29.1 Å². The molecule has 2 rings (SSSR count). The molecule has 4 heteroatoms. The van der Waals surface area contributed by atoms with Gasteiger partial charge in [0.05, 0.1) is 23.2 Å². The van der Waals surface area contributed by atoms with Crippen LogP contribution in [0.4, 0.5) is 5.69 Å². The van der Waals surface area contributed by atoms with E-state index in [1.54, 1.807) is 0 Å². The summed E-state index contributed by atoms with van der Waals surface area (Å²) in [6.07, 6.45) is 0. The Kier molecular flexibility index (Phi) is 3.30. The van der Waals surface area contributed by atoms with E-state index in [4.69, 9.17) is 10.5 Å². The molecule has 1 aromatic heterocycles. The molecule has 0 unspecified atom stereocenters. The van der Waals surface area contributed by atoms with E-state index >= 15 is 0 Å². The van der Waals surface area contributed by atoms with Gasteiger partial charge in [-0.3, -0.25) is 0 Å². The van der Waals surface area contributed by atoms with Crippen molar-refractivity contribution >= 4 is 16.7 Å². The van der Waals surface area contributed by atoms with Gasteiger partial charge in [0.25, 0.3) is 0 Å². The second kappa shape index (κ2) is 4.61. The fourth-order valence-electron chi connectivity index (χ4n) is 2.28. The monoisotopic (exact) mass is 247 g/mol. The molecule has 0 aliphatic rings. The third-order valence-corrected chi connectivity index (χ3v) is 3.04. The molecule has 0 saturated heterocycles. The van der Waals surface area contributed by atoms with E-state index in [9.17, 15) is 0 Å². The molecule has 2 aromatic rings. The Morgan fingerprint density at radius 2 is 2.11 bits per heavy atom. The number of aromatic nitrogens is 2. The molecule has 4 nitrogen and oxygen atoms in total. The molecule has 18 heavy (non-hydrogen) atoms. The molecule has 98 valence electrons. The second-order valence-electron chi connectivity index (χ2n) is 5.19. The Balaban J connectivity index is 2.41. The number of rotatable bonds is 4. The van der Waals surface area contributed by atoms with Crippen LogP contribution in [0.1, 0.15) is 26.6 Å². The number of nitrogens with two attached hydrogens (primary N) is 1. The van der Waals surface area contributed by atoms with Crippen molar-refractivity contribution in [2.24, 2.45) is 0 Å². The maximum absolute atomic E-state index is 5.78. The summed E-state index contributed by atoms with van der Waals surface area (Å²) >= 11 is 0. The van der Waals surface area contributed by atoms with E-state index in [0.29, 0.717) is 6.61 Å². The van der Waals surface area contributed by atoms with Crippen molar-refractivity contribution in [1.29, 1.82) is 0 Å². The fraction of sp³-hybridized carbons (Fsp3) is 0.500. The normalized spacial score (nSPS) is 12.2. The first-order valence-corrected chi connectivity index (χ1v) is 6.29. The number of aryl methyl sites for hydroxylation is 1. The zero-order valence-electron chi connectivity index (χ0n) is 11.5. The summed E-state index contributed by atoms with van der Waals surface area (Å²) in [4.78, 5) is 4.55. The third kappa shape index (κ3) is 2.48. The van der Waals surface area contributed by atoms with Crippen LogP contribution in [0, 0.1) is 6.92 Å². The van der Waals surface area contributed by atoms with Gasteiger partial charge in [-0.2, -0.15) is 0 Å². The topological polar surface area (TPSA) is 53.1 Å². The Labute approximate surface area is 108 Å². The minimum absolute atomic E-state index is 0.200. The SMILES string of the molecule is CCOC(C)(C)Cn1c(C)nc2cc(N)ccc21. The van der Waals surface area contributed by atoms with Gasteiger partial charge in [-0.1, -0.05) is 0 Å². The highest BCUT2D eigenvalue weighted by atomic mass is 16.5. The van der Waals surface area contributed by atoms with E-state index < -0.39 is 0 Å². The number of anilines is 1. The number of nitrogen functional groups attached to an aromatic ring is 1. The van der Waals surface area contributed by atoms with Crippen LogP contribution in [0.25, 0.3) is 11.0 Å². The van der Waals surface area contributed by atoms with E-state index in [1.165, 1.54) is 0 Å². The number of benzene rings is 1. The van der Waals surface area contributed by atoms with Crippen molar-refractivity contribution in [2.75, 3.05) is 12.3 Å². The molecule has 0 amide bonds. The van der Waals surface area contributed by atoms with Crippen molar-refractivity contribution in [3.05, 3.63) is 24.0 Å². The quantitative estimate of drug-likeness (QED) is 0.845. The molecular weight excluding hydrogens is 226 g/mol. The minimum atomic E-state index is -0.200. The summed E-state index contributed by atoms with van der Waals surface area (Å²) in [6, 6.07) is 5.84. The molecule has 0 fully saturated rings. The number of hydrogen-bond donors (Lipinski definition) is 1. The van der Waals surface area contributed by atoms with Crippen molar-refractivity contribution in [2.45, 2.75) is 39.8 Å². The van der Waals surface area contributed by atoms with Gasteiger partial charge in [-0.15, -0.1) is 0 Å². The first-order valence-electron chi connectivity index (χ1n) is 6.29. The van der Waals surface area contributed by atoms with E-state index in [-0.39, 0.29) is 5.60 Å². The lowest BCUT2D eigenvalue weighted by Gasteiger charge is -2.26. The van der Waals surface area contributed by atoms with Crippen LogP contribution in [-0.2, 0) is 11.3 Å². The smallest absolute Gasteiger partial charge is 0.106 e. The number of ether oxygens (including phenoxy) is 1. The average Bonchev–Trinajstić information content (AvgIpc) is 2.54. The van der Waals surface area contributed by atoms with Gasteiger partial charge in [0.1, 0.15) is 5.82 Å². The van der Waals surface area contributed by atoms with Gasteiger partial charge in [0.2, 0.25) is 0 Å². The maximum atomic E-state index is 5.78. The first kappa shape index (κ1) is 12.9. The summed E-state index contributed by atoms with van der Waals surface area (Å²) in [5.74, 6) is 0.989. The Bertz CT molecular complexity index is 557. The Morgan fingerprint density at radius 1 is 1.39 bits per heavy atom. The van der Waals surface area contributed by atoms with Crippen molar-refractivity contribution < 1.29 is 4.74 Å². The molecule has 2 N–H and O–H groups in total. The second-order valence-corrected chi connectivity index (χ2v) is 5.19. The highest BCUT2D eigenvalue weighted by Gasteiger charge is 2.21. The van der Waals surface area contributed by atoms with Crippen LogP contribution in [0.5, 0.6) is 0 Å². The highest BCUT2D eigenvalue weighted by molar-refractivity contribution is 5.79. The number of fused-ring (bicyclic) bond motifs is 1. The molecule has 0 atom stereocenters. The van der Waals surface area contributed by atoms with Crippen LogP contribution < -0.4 is 5.73 Å². The Hall–Kier alpha value is -1.55. The first-order chi connectivity index (χ1) is 8.43. The van der Waals surface area contributed by atoms with Gasteiger partial charge >= 0.3 is 0 Å². The molecule has 0 aliphatic heterocycles. The summed E-state index contributed by atoms with van der Waals surface area (Å²) < 4.78 is 7.94. The maximum Gasteiger partial charge on any atom is 0.106 e. The predicted octanol–water partition coefficient (Wildman–Crippen LogP) is 2.74. The van der Waals surface area contributed by atoms with Crippen LogP contribution in [0.15, 0.2) is 18.2 Å². The molecule has 1 aromatic carbocycles. The molecule has 0 aliphatic carbocycles. The minimum Gasteiger partial charge on any atom is -0.399 e. The lowest BCUT2D eigenvalue weighted by atomic mass is 10.1. The van der Waals surface area contributed by atoms with Gasteiger partial charge in [0, 0.05) is 12.3 Å². The molecule has 0 bridgehead atoms. The van der Waals surface area contributed by atoms with Gasteiger partial charge < -0.3 is 15.0 Å². The average molecular weight is 247 g/mol. The lowest BCUT2D eigenvalue weighted by molar-refractivity contribution is -0.0220. The largest absolute Gasteiger partial charge is 0.399 e. The summed E-state index contributed by atoms with van der Waals surface area (Å²) in [5, 5.41) is 0. The standard InChI is InChI=1S/C14H21N3O/c1-5-18-14(3,4)9-17-10(2)16-12-8-11(15)6-7-13(12)17/h6-8H,5,9,15H2,1-4H3. The van der Waals surface area contributed by atoms with Crippen LogP contribution in [0.2, 0.25) is 0 Å². The third-order valence-electron chi connectivity index (χ3n) is 3.04. The summed E-state index contributed by atoms with van der Waals surface area (Å²) in [6.45, 7) is 9.72. The van der Waals surface area contributed by atoms with Gasteiger partial charge in [0.15, 0.2) is 0 Å². The highest BCUT2D eigenvalue weighted by Crippen LogP contribution is 2.22. The Morgan fingerprint density at radius 3 is 2.78 bits per heavy atom. The molecule has 1 heterocycles. The van der Waals surface area contributed by atoms with Gasteiger partial charge in [-0.25, -0.2) is 4.98 Å². The van der Waals surface area contributed by atoms with Crippen LogP contribution in [0.3, 0.4) is 0 Å². The van der Waals surface area contributed by atoms with Crippen molar-refractivity contribution in [3.63, 3.8) is 0 Å². The molecule has 0 spiro atoms. The zero-order valence-corrected chi connectivity index (χ0v) is 11.5. The number of hydrogen-bond acceptors (Lipinski definition) is 3. The molecule has 0 radical (unpaired) electrons. The lowest BCUT2D eigenvalue weighted by Crippen LogP contribution is -2.30. The summed E-state index contributed by atoms with van der Waals surface area (Å²) in [5.41, 5.74) is 8.38. The van der Waals surface area contributed by atoms with Crippen molar-refractivity contribution in [1.82, 2.24) is 9.55 Å². The van der Waals surface area contributed by atoms with Crippen molar-refractivity contribution in [3.8, 4) is 0 Å². The van der Waals surface area contributed by atoms with E-state index in [2.05, 4.69) is 23.4 Å². The fourth-order valence-corrected chi connectivity index (χ4v) is 2.28. The van der Waals surface area contributed by atoms with Crippen LogP contribution >= 0.6 is 0 Å². The molecular formula is C14H21N3O. The number of imidazole rings is 1.